The number of fused-ring (bicyclic) bond motifs is 1. The van der Waals surface area contributed by atoms with Crippen LogP contribution in [0.3, 0.4) is 0 Å². The Labute approximate surface area is 194 Å². The number of benzene rings is 2. The topological polar surface area (TPSA) is 70.6 Å². The van der Waals surface area contributed by atoms with E-state index in [1.54, 1.807) is 4.90 Å². The highest BCUT2D eigenvalue weighted by Gasteiger charge is 2.34. The first-order chi connectivity index (χ1) is 16.3. The smallest absolute Gasteiger partial charge is 0.416 e. The first-order valence-electron chi connectivity index (χ1n) is 11.2. The SMILES string of the molecule is COc1ccc(C(F)(F)F)cc1C(=O)N1CCN(c2nc3ccccc3nc2NC2CC2)CC1. The zero-order chi connectivity index (χ0) is 23.9. The monoisotopic (exact) mass is 471 g/mol. The lowest BCUT2D eigenvalue weighted by atomic mass is 10.1. The maximum atomic E-state index is 13.2. The molecule has 1 saturated carbocycles. The van der Waals surface area contributed by atoms with Crippen LogP contribution in [-0.2, 0) is 6.18 Å². The fraction of sp³-hybridized carbons (Fsp3) is 0.375. The normalized spacial score (nSPS) is 16.6. The molecule has 3 aromatic rings. The molecule has 2 aromatic carbocycles. The van der Waals surface area contributed by atoms with Gasteiger partial charge in [0.25, 0.3) is 5.91 Å². The van der Waals surface area contributed by atoms with E-state index >= 15 is 0 Å². The van der Waals surface area contributed by atoms with Gasteiger partial charge in [-0.3, -0.25) is 4.79 Å². The molecule has 34 heavy (non-hydrogen) atoms. The van der Waals surface area contributed by atoms with Crippen molar-refractivity contribution in [1.29, 1.82) is 0 Å². The summed E-state index contributed by atoms with van der Waals surface area (Å²) in [5.41, 5.74) is 0.621. The average molecular weight is 471 g/mol. The third-order valence-electron chi connectivity index (χ3n) is 6.09. The molecule has 1 aliphatic heterocycles. The summed E-state index contributed by atoms with van der Waals surface area (Å²) in [5, 5.41) is 3.45. The van der Waals surface area contributed by atoms with Gasteiger partial charge in [0.2, 0.25) is 0 Å². The second-order valence-corrected chi connectivity index (χ2v) is 8.50. The summed E-state index contributed by atoms with van der Waals surface area (Å²) >= 11 is 0. The Morgan fingerprint density at radius 3 is 2.32 bits per heavy atom. The van der Waals surface area contributed by atoms with E-state index in [9.17, 15) is 18.0 Å². The zero-order valence-corrected chi connectivity index (χ0v) is 18.6. The van der Waals surface area contributed by atoms with Crippen LogP contribution >= 0.6 is 0 Å². The van der Waals surface area contributed by atoms with Gasteiger partial charge in [-0.2, -0.15) is 13.2 Å². The molecule has 0 spiro atoms. The third-order valence-corrected chi connectivity index (χ3v) is 6.09. The number of piperazine rings is 1. The Morgan fingerprint density at radius 2 is 1.71 bits per heavy atom. The number of halogens is 3. The van der Waals surface area contributed by atoms with Crippen molar-refractivity contribution in [2.45, 2.75) is 25.1 Å². The lowest BCUT2D eigenvalue weighted by Gasteiger charge is -2.36. The van der Waals surface area contributed by atoms with Gasteiger partial charge < -0.3 is 19.9 Å². The second-order valence-electron chi connectivity index (χ2n) is 8.50. The zero-order valence-electron chi connectivity index (χ0n) is 18.6. The molecule has 2 fully saturated rings. The minimum Gasteiger partial charge on any atom is -0.496 e. The minimum atomic E-state index is -4.54. The van der Waals surface area contributed by atoms with E-state index in [1.807, 2.05) is 24.3 Å². The van der Waals surface area contributed by atoms with Crippen molar-refractivity contribution in [3.8, 4) is 5.75 Å². The second kappa shape index (κ2) is 8.66. The van der Waals surface area contributed by atoms with Crippen LogP contribution in [0, 0.1) is 0 Å². The number of methoxy groups -OCH3 is 1. The number of nitrogens with one attached hydrogen (secondary N) is 1. The number of aromatic nitrogens is 2. The largest absolute Gasteiger partial charge is 0.496 e. The van der Waals surface area contributed by atoms with Crippen LogP contribution in [-0.4, -0.2) is 60.1 Å². The quantitative estimate of drug-likeness (QED) is 0.602. The molecule has 0 unspecified atom stereocenters. The summed E-state index contributed by atoms with van der Waals surface area (Å²) in [6, 6.07) is 11.0. The third kappa shape index (κ3) is 4.44. The van der Waals surface area contributed by atoms with E-state index in [0.717, 1.165) is 47.6 Å². The summed E-state index contributed by atoms with van der Waals surface area (Å²) in [7, 11) is 1.34. The molecule has 1 aromatic heterocycles. The highest BCUT2D eigenvalue weighted by molar-refractivity contribution is 5.97. The molecule has 178 valence electrons. The molecule has 0 radical (unpaired) electrons. The molecule has 1 amide bonds. The number of carbonyl (C=O) groups is 1. The van der Waals surface area contributed by atoms with E-state index in [-0.39, 0.29) is 11.3 Å². The molecule has 1 aliphatic carbocycles. The number of amides is 1. The van der Waals surface area contributed by atoms with E-state index in [2.05, 4.69) is 10.2 Å². The van der Waals surface area contributed by atoms with Gasteiger partial charge in [0.15, 0.2) is 11.6 Å². The molecule has 5 rings (SSSR count). The number of ether oxygens (including phenoxy) is 1. The van der Waals surface area contributed by atoms with Gasteiger partial charge in [-0.15, -0.1) is 0 Å². The fourth-order valence-corrected chi connectivity index (χ4v) is 4.07. The molecule has 2 aliphatic rings. The standard InChI is InChI=1S/C24H24F3N5O2/c1-34-20-9-6-15(24(25,26)27)14-17(20)23(33)32-12-10-31(11-13-32)22-21(28-16-7-8-16)29-18-4-2-3-5-19(18)30-22/h2-6,9,14,16H,7-8,10-13H2,1H3,(H,28,29). The van der Waals surface area contributed by atoms with Gasteiger partial charge >= 0.3 is 6.18 Å². The Bertz CT molecular complexity index is 1220. The number of rotatable bonds is 5. The molecular formula is C24H24F3N5O2. The van der Waals surface area contributed by atoms with Gasteiger partial charge in [0.05, 0.1) is 29.3 Å². The van der Waals surface area contributed by atoms with Gasteiger partial charge in [-0.05, 0) is 43.2 Å². The summed E-state index contributed by atoms with van der Waals surface area (Å²) in [6.07, 6.45) is -2.36. The number of carbonyl (C=O) groups excluding carboxylic acids is 1. The fourth-order valence-electron chi connectivity index (χ4n) is 4.07. The number of hydrogen-bond donors (Lipinski definition) is 1. The van der Waals surface area contributed by atoms with Crippen LogP contribution < -0.4 is 15.0 Å². The molecule has 10 heteroatoms. The minimum absolute atomic E-state index is 0.0904. The van der Waals surface area contributed by atoms with Crippen molar-refractivity contribution in [1.82, 2.24) is 14.9 Å². The summed E-state index contributed by atoms with van der Waals surface area (Å²) in [6.45, 7) is 1.66. The van der Waals surface area contributed by atoms with E-state index in [4.69, 9.17) is 14.7 Å². The molecular weight excluding hydrogens is 447 g/mol. The average Bonchev–Trinajstić information content (AvgIpc) is 3.66. The Kier molecular flexibility index (Phi) is 5.66. The summed E-state index contributed by atoms with van der Waals surface area (Å²) in [4.78, 5) is 26.3. The van der Waals surface area contributed by atoms with Crippen molar-refractivity contribution in [3.05, 3.63) is 53.6 Å². The number of nitrogens with zero attached hydrogens (tertiary/aromatic N) is 4. The predicted molar refractivity (Wildman–Crippen MR) is 122 cm³/mol. The molecule has 1 saturated heterocycles. The highest BCUT2D eigenvalue weighted by Crippen LogP contribution is 2.34. The van der Waals surface area contributed by atoms with Crippen LogP contribution in [0.5, 0.6) is 5.75 Å². The van der Waals surface area contributed by atoms with E-state index in [1.165, 1.54) is 13.2 Å². The van der Waals surface area contributed by atoms with Gasteiger partial charge in [0, 0.05) is 32.2 Å². The van der Waals surface area contributed by atoms with Gasteiger partial charge in [-0.25, -0.2) is 9.97 Å². The van der Waals surface area contributed by atoms with Gasteiger partial charge in [-0.1, -0.05) is 12.1 Å². The maximum absolute atomic E-state index is 13.2. The summed E-state index contributed by atoms with van der Waals surface area (Å²) < 4.78 is 44.8. The number of anilines is 2. The first kappa shape index (κ1) is 22.2. The molecule has 1 N–H and O–H groups in total. The van der Waals surface area contributed by atoms with Crippen molar-refractivity contribution < 1.29 is 22.7 Å². The molecule has 7 nitrogen and oxygen atoms in total. The van der Waals surface area contributed by atoms with Crippen molar-refractivity contribution in [2.24, 2.45) is 0 Å². The molecule has 0 bridgehead atoms. The number of alkyl halides is 3. The molecule has 2 heterocycles. The highest BCUT2D eigenvalue weighted by atomic mass is 19.4. The van der Waals surface area contributed by atoms with Crippen LogP contribution in [0.1, 0.15) is 28.8 Å². The maximum Gasteiger partial charge on any atom is 0.416 e. The molecule has 0 atom stereocenters. The first-order valence-corrected chi connectivity index (χ1v) is 11.2. The Balaban J connectivity index is 1.36. The van der Waals surface area contributed by atoms with Crippen molar-refractivity contribution >= 4 is 28.6 Å². The van der Waals surface area contributed by atoms with Crippen LogP contribution in [0.2, 0.25) is 0 Å². The number of para-hydroxylation sites is 2. The lowest BCUT2D eigenvalue weighted by molar-refractivity contribution is -0.137. The van der Waals surface area contributed by atoms with Crippen LogP contribution in [0.25, 0.3) is 11.0 Å². The predicted octanol–water partition coefficient (Wildman–Crippen LogP) is 4.19. The van der Waals surface area contributed by atoms with Gasteiger partial charge in [0.1, 0.15) is 5.75 Å². The Morgan fingerprint density at radius 1 is 1.03 bits per heavy atom. The number of hydrogen-bond acceptors (Lipinski definition) is 6. The van der Waals surface area contributed by atoms with E-state index in [0.29, 0.717) is 32.2 Å². The lowest BCUT2D eigenvalue weighted by Crippen LogP contribution is -2.49. The van der Waals surface area contributed by atoms with Crippen LogP contribution in [0.15, 0.2) is 42.5 Å². The van der Waals surface area contributed by atoms with Crippen molar-refractivity contribution in [3.63, 3.8) is 0 Å². The van der Waals surface area contributed by atoms with Crippen molar-refractivity contribution in [2.75, 3.05) is 43.5 Å². The van der Waals surface area contributed by atoms with Crippen LogP contribution in [0.4, 0.5) is 24.8 Å². The Hall–Kier alpha value is -3.56. The van der Waals surface area contributed by atoms with E-state index < -0.39 is 17.6 Å². The summed E-state index contributed by atoms with van der Waals surface area (Å²) in [5.74, 6) is 1.09.